The van der Waals surface area contributed by atoms with E-state index in [4.69, 9.17) is 13.9 Å². The molecule has 7 heteroatoms. The molecule has 1 aliphatic heterocycles. The van der Waals surface area contributed by atoms with Gasteiger partial charge in [-0.2, -0.15) is 0 Å². The molecule has 168 valence electrons. The quantitative estimate of drug-likeness (QED) is 0.524. The normalized spacial score (nSPS) is 14.2. The molecule has 0 radical (unpaired) electrons. The van der Waals surface area contributed by atoms with Crippen molar-refractivity contribution in [3.05, 3.63) is 78.0 Å². The van der Waals surface area contributed by atoms with Crippen molar-refractivity contribution in [2.24, 2.45) is 0 Å². The van der Waals surface area contributed by atoms with E-state index in [1.807, 2.05) is 48.5 Å². The number of benzene rings is 2. The van der Waals surface area contributed by atoms with E-state index in [-0.39, 0.29) is 11.9 Å². The lowest BCUT2D eigenvalue weighted by atomic mass is 10.1. The molecule has 0 atom stereocenters. The van der Waals surface area contributed by atoms with E-state index in [1.165, 1.54) is 6.26 Å². The summed E-state index contributed by atoms with van der Waals surface area (Å²) in [4.78, 5) is 21.1. The van der Waals surface area contributed by atoms with Crippen molar-refractivity contribution < 1.29 is 18.7 Å². The maximum atomic E-state index is 12.6. The Morgan fingerprint density at radius 3 is 2.56 bits per heavy atom. The standard InChI is InChI=1S/C25H29N3O4/c1-19(2)28(16-20-7-6-10-22(15-20)32-21-8-4-3-5-9-21)17-24-26-23(18-31-24)25(29)27-11-13-30-14-12-27/h3-10,15,18-19H,11-14,16-17H2,1-2H3. The molecule has 0 unspecified atom stereocenters. The van der Waals surface area contributed by atoms with Crippen LogP contribution in [0.1, 0.15) is 35.8 Å². The predicted octanol–water partition coefficient (Wildman–Crippen LogP) is 4.35. The van der Waals surface area contributed by atoms with Crippen molar-refractivity contribution >= 4 is 5.91 Å². The Hall–Kier alpha value is -3.16. The Morgan fingerprint density at radius 2 is 1.81 bits per heavy atom. The molecule has 1 aliphatic rings. The first-order chi connectivity index (χ1) is 15.6. The predicted molar refractivity (Wildman–Crippen MR) is 121 cm³/mol. The third-order valence-electron chi connectivity index (χ3n) is 5.40. The minimum absolute atomic E-state index is 0.106. The Labute approximate surface area is 188 Å². The molecular weight excluding hydrogens is 406 g/mol. The van der Waals surface area contributed by atoms with E-state index >= 15 is 0 Å². The summed E-state index contributed by atoms with van der Waals surface area (Å²) in [6.07, 6.45) is 1.46. The van der Waals surface area contributed by atoms with Gasteiger partial charge in [0, 0.05) is 25.7 Å². The molecule has 3 aromatic rings. The molecule has 0 bridgehead atoms. The molecule has 1 saturated heterocycles. The minimum Gasteiger partial charge on any atom is -0.457 e. The van der Waals surface area contributed by atoms with E-state index in [1.54, 1.807) is 4.90 Å². The topological polar surface area (TPSA) is 68.0 Å². The summed E-state index contributed by atoms with van der Waals surface area (Å²) >= 11 is 0. The fourth-order valence-corrected chi connectivity index (χ4v) is 3.57. The first-order valence-corrected chi connectivity index (χ1v) is 11.0. The van der Waals surface area contributed by atoms with Gasteiger partial charge in [0.2, 0.25) is 5.89 Å². The molecule has 4 rings (SSSR count). The van der Waals surface area contributed by atoms with Crippen LogP contribution in [0.15, 0.2) is 65.3 Å². The second kappa shape index (κ2) is 10.4. The van der Waals surface area contributed by atoms with E-state index in [9.17, 15) is 4.79 Å². The zero-order valence-electron chi connectivity index (χ0n) is 18.6. The largest absolute Gasteiger partial charge is 0.457 e. The van der Waals surface area contributed by atoms with Gasteiger partial charge in [0.1, 0.15) is 17.8 Å². The van der Waals surface area contributed by atoms with Crippen LogP contribution in [0.4, 0.5) is 0 Å². The summed E-state index contributed by atoms with van der Waals surface area (Å²) in [5, 5.41) is 0. The van der Waals surface area contributed by atoms with Crippen LogP contribution in [0.3, 0.4) is 0 Å². The second-order valence-electron chi connectivity index (χ2n) is 8.09. The highest BCUT2D eigenvalue weighted by Crippen LogP contribution is 2.23. The summed E-state index contributed by atoms with van der Waals surface area (Å²) in [6.45, 7) is 7.77. The fraction of sp³-hybridized carbons (Fsp3) is 0.360. The van der Waals surface area contributed by atoms with Crippen LogP contribution in [-0.4, -0.2) is 53.0 Å². The summed E-state index contributed by atoms with van der Waals surface area (Å²) in [7, 11) is 0. The Morgan fingerprint density at radius 1 is 1.06 bits per heavy atom. The highest BCUT2D eigenvalue weighted by atomic mass is 16.5. The van der Waals surface area contributed by atoms with Crippen LogP contribution in [0, 0.1) is 0 Å². The number of nitrogens with zero attached hydrogens (tertiary/aromatic N) is 3. The third kappa shape index (κ3) is 5.75. The van der Waals surface area contributed by atoms with Crippen LogP contribution in [0.25, 0.3) is 0 Å². The van der Waals surface area contributed by atoms with Crippen LogP contribution >= 0.6 is 0 Å². The Balaban J connectivity index is 1.41. The van der Waals surface area contributed by atoms with Crippen LogP contribution in [0.2, 0.25) is 0 Å². The molecule has 0 N–H and O–H groups in total. The van der Waals surface area contributed by atoms with Crippen LogP contribution in [0.5, 0.6) is 11.5 Å². The number of para-hydroxylation sites is 1. The maximum Gasteiger partial charge on any atom is 0.275 e. The van der Waals surface area contributed by atoms with Gasteiger partial charge in [-0.25, -0.2) is 4.98 Å². The van der Waals surface area contributed by atoms with Crippen molar-refractivity contribution in [2.45, 2.75) is 33.0 Å². The van der Waals surface area contributed by atoms with Crippen LogP contribution in [-0.2, 0) is 17.8 Å². The molecule has 2 heterocycles. The molecule has 7 nitrogen and oxygen atoms in total. The number of morpholine rings is 1. The van der Waals surface area contributed by atoms with Gasteiger partial charge in [-0.1, -0.05) is 30.3 Å². The number of hydrogen-bond acceptors (Lipinski definition) is 6. The second-order valence-corrected chi connectivity index (χ2v) is 8.09. The highest BCUT2D eigenvalue weighted by molar-refractivity contribution is 5.92. The van der Waals surface area contributed by atoms with Crippen molar-refractivity contribution in [3.63, 3.8) is 0 Å². The molecule has 2 aromatic carbocycles. The number of amides is 1. The molecular formula is C25H29N3O4. The number of carbonyl (C=O) groups is 1. The van der Waals surface area contributed by atoms with Gasteiger partial charge in [0.05, 0.1) is 19.8 Å². The van der Waals surface area contributed by atoms with Gasteiger partial charge < -0.3 is 18.8 Å². The summed E-state index contributed by atoms with van der Waals surface area (Å²) in [6, 6.07) is 18.1. The van der Waals surface area contributed by atoms with Crippen molar-refractivity contribution in [1.82, 2.24) is 14.8 Å². The van der Waals surface area contributed by atoms with Crippen molar-refractivity contribution in [2.75, 3.05) is 26.3 Å². The Bertz CT molecular complexity index is 1010. The Kier molecular flexibility index (Phi) is 7.19. The lowest BCUT2D eigenvalue weighted by Gasteiger charge is -2.26. The zero-order valence-corrected chi connectivity index (χ0v) is 18.6. The molecule has 0 saturated carbocycles. The number of hydrogen-bond donors (Lipinski definition) is 0. The van der Waals surface area contributed by atoms with Crippen molar-refractivity contribution in [3.8, 4) is 11.5 Å². The highest BCUT2D eigenvalue weighted by Gasteiger charge is 2.23. The molecule has 1 fully saturated rings. The first kappa shape index (κ1) is 22.0. The minimum atomic E-state index is -0.106. The van der Waals surface area contributed by atoms with Gasteiger partial charge in [-0.05, 0) is 43.7 Å². The zero-order chi connectivity index (χ0) is 22.3. The van der Waals surface area contributed by atoms with Gasteiger partial charge >= 0.3 is 0 Å². The summed E-state index contributed by atoms with van der Waals surface area (Å²) < 4.78 is 16.9. The first-order valence-electron chi connectivity index (χ1n) is 11.0. The molecule has 0 spiro atoms. The van der Waals surface area contributed by atoms with E-state index < -0.39 is 0 Å². The lowest BCUT2D eigenvalue weighted by molar-refractivity contribution is 0.0299. The maximum absolute atomic E-state index is 12.6. The van der Waals surface area contributed by atoms with Gasteiger partial charge in [0.25, 0.3) is 5.91 Å². The van der Waals surface area contributed by atoms with Gasteiger partial charge in [-0.15, -0.1) is 0 Å². The lowest BCUT2D eigenvalue weighted by Crippen LogP contribution is -2.40. The average Bonchev–Trinajstić information content (AvgIpc) is 3.28. The molecule has 32 heavy (non-hydrogen) atoms. The van der Waals surface area contributed by atoms with E-state index in [2.05, 4.69) is 29.8 Å². The number of rotatable bonds is 8. The number of oxazole rings is 1. The number of carbonyl (C=O) groups excluding carboxylic acids is 1. The van der Waals surface area contributed by atoms with Gasteiger partial charge in [-0.3, -0.25) is 9.69 Å². The number of ether oxygens (including phenoxy) is 2. The van der Waals surface area contributed by atoms with Crippen LogP contribution < -0.4 is 4.74 Å². The smallest absolute Gasteiger partial charge is 0.275 e. The number of aromatic nitrogens is 1. The monoisotopic (exact) mass is 435 g/mol. The van der Waals surface area contributed by atoms with E-state index in [0.29, 0.717) is 51.0 Å². The molecule has 0 aliphatic carbocycles. The average molecular weight is 436 g/mol. The molecule has 1 aromatic heterocycles. The van der Waals surface area contributed by atoms with Gasteiger partial charge in [0.15, 0.2) is 5.69 Å². The SMILES string of the molecule is CC(C)N(Cc1cccc(Oc2ccccc2)c1)Cc1nc(C(=O)N2CCOCC2)co1. The molecule has 1 amide bonds. The summed E-state index contributed by atoms with van der Waals surface area (Å²) in [5.41, 5.74) is 1.48. The fourth-order valence-electron chi connectivity index (χ4n) is 3.57. The third-order valence-corrected chi connectivity index (χ3v) is 5.40. The van der Waals surface area contributed by atoms with E-state index in [0.717, 1.165) is 17.1 Å². The summed E-state index contributed by atoms with van der Waals surface area (Å²) in [5.74, 6) is 2.03. The van der Waals surface area contributed by atoms with Crippen molar-refractivity contribution in [1.29, 1.82) is 0 Å².